The third kappa shape index (κ3) is 3.66. The Morgan fingerprint density at radius 2 is 2.12 bits per heavy atom. The molecule has 1 aromatic carbocycles. The van der Waals surface area contributed by atoms with Crippen molar-refractivity contribution in [1.29, 1.82) is 0 Å². The van der Waals surface area contributed by atoms with E-state index in [1.807, 2.05) is 24.3 Å². The van der Waals surface area contributed by atoms with E-state index in [2.05, 4.69) is 38.7 Å². The van der Waals surface area contributed by atoms with Crippen LogP contribution >= 0.6 is 0 Å². The molecule has 0 saturated carbocycles. The Bertz CT molecular complexity index is 767. The molecule has 6 nitrogen and oxygen atoms in total. The molecule has 0 aliphatic carbocycles. The maximum absolute atomic E-state index is 11.8. The summed E-state index contributed by atoms with van der Waals surface area (Å²) in [7, 11) is 1.90. The van der Waals surface area contributed by atoms with E-state index in [0.29, 0.717) is 6.42 Å². The van der Waals surface area contributed by atoms with E-state index < -0.39 is 0 Å². The number of ether oxygens (including phenoxy) is 1. The lowest BCUT2D eigenvalue weighted by atomic mass is 10.1. The summed E-state index contributed by atoms with van der Waals surface area (Å²) in [6.45, 7) is 5.35. The first-order valence-corrected chi connectivity index (χ1v) is 9.37. The zero-order valence-corrected chi connectivity index (χ0v) is 15.3. The maximum atomic E-state index is 11.8. The molecule has 1 aromatic heterocycles. The maximum Gasteiger partial charge on any atom is 0.222 e. The Balaban J connectivity index is 1.50. The van der Waals surface area contributed by atoms with Gasteiger partial charge in [-0.3, -0.25) is 9.69 Å². The van der Waals surface area contributed by atoms with E-state index in [9.17, 15) is 4.79 Å². The van der Waals surface area contributed by atoms with Crippen LogP contribution < -0.4 is 0 Å². The fourth-order valence-electron chi connectivity index (χ4n) is 3.85. The van der Waals surface area contributed by atoms with Gasteiger partial charge in [-0.25, -0.2) is 4.98 Å². The molecule has 138 valence electrons. The van der Waals surface area contributed by atoms with Crippen LogP contribution in [0.5, 0.6) is 0 Å². The molecule has 1 atom stereocenters. The zero-order chi connectivity index (χ0) is 17.9. The minimum Gasteiger partial charge on any atom is -0.379 e. The van der Waals surface area contributed by atoms with E-state index in [1.165, 1.54) is 5.56 Å². The largest absolute Gasteiger partial charge is 0.379 e. The number of hydrogen-bond acceptors (Lipinski definition) is 4. The SMILES string of the molecule is CN1C(=O)CC[C@H]1Cn1ccnc1-c1cccc(CN2CCOCC2)c1. The van der Waals surface area contributed by atoms with Crippen molar-refractivity contribution in [2.24, 2.45) is 0 Å². The lowest BCUT2D eigenvalue weighted by Crippen LogP contribution is -2.35. The predicted octanol–water partition coefficient (Wildman–Crippen LogP) is 2.00. The van der Waals surface area contributed by atoms with Crippen LogP contribution in [0.15, 0.2) is 36.7 Å². The number of imidazole rings is 1. The highest BCUT2D eigenvalue weighted by Crippen LogP contribution is 2.23. The van der Waals surface area contributed by atoms with Crippen molar-refractivity contribution in [2.75, 3.05) is 33.4 Å². The number of amides is 1. The van der Waals surface area contributed by atoms with Gasteiger partial charge >= 0.3 is 0 Å². The van der Waals surface area contributed by atoms with Crippen molar-refractivity contribution in [3.8, 4) is 11.4 Å². The van der Waals surface area contributed by atoms with Crippen LogP contribution in [0.4, 0.5) is 0 Å². The molecule has 0 N–H and O–H groups in total. The molecule has 4 rings (SSSR count). The standard InChI is InChI=1S/C20H26N4O2/c1-22-18(5-6-19(22)25)15-24-8-7-21-20(24)17-4-2-3-16(13-17)14-23-9-11-26-12-10-23/h2-4,7-8,13,18H,5-6,9-12,14-15H2,1H3/t18-/m0/s1. The average molecular weight is 354 g/mol. The number of likely N-dealkylation sites (N-methyl/N-ethyl adjacent to an activating group) is 1. The number of nitrogens with zero attached hydrogens (tertiary/aromatic N) is 4. The summed E-state index contributed by atoms with van der Waals surface area (Å²) in [6, 6.07) is 8.89. The summed E-state index contributed by atoms with van der Waals surface area (Å²) >= 11 is 0. The Hall–Kier alpha value is -2.18. The second-order valence-electron chi connectivity index (χ2n) is 7.19. The number of aromatic nitrogens is 2. The highest BCUT2D eigenvalue weighted by Gasteiger charge is 2.28. The molecule has 2 fully saturated rings. The van der Waals surface area contributed by atoms with E-state index in [-0.39, 0.29) is 11.9 Å². The van der Waals surface area contributed by atoms with Gasteiger partial charge in [0.05, 0.1) is 13.2 Å². The first-order chi connectivity index (χ1) is 12.7. The van der Waals surface area contributed by atoms with Crippen molar-refractivity contribution in [3.63, 3.8) is 0 Å². The van der Waals surface area contributed by atoms with Gasteiger partial charge in [0.2, 0.25) is 5.91 Å². The van der Waals surface area contributed by atoms with Crippen molar-refractivity contribution in [3.05, 3.63) is 42.2 Å². The van der Waals surface area contributed by atoms with Crippen LogP contribution in [0, 0.1) is 0 Å². The van der Waals surface area contributed by atoms with E-state index in [0.717, 1.165) is 57.2 Å². The summed E-state index contributed by atoms with van der Waals surface area (Å²) < 4.78 is 7.61. The molecule has 6 heteroatoms. The van der Waals surface area contributed by atoms with Gasteiger partial charge in [-0.05, 0) is 18.1 Å². The first-order valence-electron chi connectivity index (χ1n) is 9.37. The van der Waals surface area contributed by atoms with Gasteiger partial charge in [-0.15, -0.1) is 0 Å². The summed E-state index contributed by atoms with van der Waals surface area (Å²) in [5.41, 5.74) is 2.43. The molecule has 0 unspecified atom stereocenters. The monoisotopic (exact) mass is 354 g/mol. The van der Waals surface area contributed by atoms with Crippen LogP contribution in [0.2, 0.25) is 0 Å². The van der Waals surface area contributed by atoms with Crippen LogP contribution in [0.1, 0.15) is 18.4 Å². The molecular weight excluding hydrogens is 328 g/mol. The lowest BCUT2D eigenvalue weighted by Gasteiger charge is -2.26. The second-order valence-corrected chi connectivity index (χ2v) is 7.19. The van der Waals surface area contributed by atoms with Gasteiger partial charge < -0.3 is 14.2 Å². The van der Waals surface area contributed by atoms with Crippen molar-refractivity contribution in [2.45, 2.75) is 32.0 Å². The molecule has 0 bridgehead atoms. The number of carbonyl (C=O) groups excluding carboxylic acids is 1. The number of benzene rings is 1. The van der Waals surface area contributed by atoms with E-state index in [4.69, 9.17) is 4.74 Å². The van der Waals surface area contributed by atoms with E-state index in [1.54, 1.807) is 0 Å². The smallest absolute Gasteiger partial charge is 0.222 e. The number of hydrogen-bond donors (Lipinski definition) is 0. The molecule has 0 spiro atoms. The Morgan fingerprint density at radius 1 is 1.27 bits per heavy atom. The quantitative estimate of drug-likeness (QED) is 0.824. The summed E-state index contributed by atoms with van der Waals surface area (Å²) in [6.07, 6.45) is 5.44. The third-order valence-corrected chi connectivity index (χ3v) is 5.45. The summed E-state index contributed by atoms with van der Waals surface area (Å²) in [5, 5.41) is 0. The van der Waals surface area contributed by atoms with Crippen molar-refractivity contribution >= 4 is 5.91 Å². The van der Waals surface area contributed by atoms with Gasteiger partial charge in [0.1, 0.15) is 5.82 Å². The number of morpholine rings is 1. The van der Waals surface area contributed by atoms with Crippen molar-refractivity contribution < 1.29 is 9.53 Å². The van der Waals surface area contributed by atoms with Gasteiger partial charge in [0.25, 0.3) is 0 Å². The normalized spacial score (nSPS) is 21.5. The van der Waals surface area contributed by atoms with Gasteiger partial charge in [-0.2, -0.15) is 0 Å². The second kappa shape index (κ2) is 7.60. The number of rotatable bonds is 5. The molecule has 2 aliphatic rings. The van der Waals surface area contributed by atoms with Crippen LogP contribution in [-0.2, 0) is 22.6 Å². The zero-order valence-electron chi connectivity index (χ0n) is 15.3. The Kier molecular flexibility index (Phi) is 5.04. The van der Waals surface area contributed by atoms with Crippen LogP contribution in [-0.4, -0.2) is 64.7 Å². The molecule has 1 amide bonds. The summed E-state index contributed by atoms with van der Waals surface area (Å²) in [5.74, 6) is 1.21. The predicted molar refractivity (Wildman–Crippen MR) is 99.6 cm³/mol. The lowest BCUT2D eigenvalue weighted by molar-refractivity contribution is -0.127. The molecule has 3 heterocycles. The molecule has 2 saturated heterocycles. The van der Waals surface area contributed by atoms with Gasteiger partial charge in [0, 0.05) is 63.6 Å². The van der Waals surface area contributed by atoms with Crippen LogP contribution in [0.25, 0.3) is 11.4 Å². The first kappa shape index (κ1) is 17.2. The minimum atomic E-state index is 0.240. The topological polar surface area (TPSA) is 50.6 Å². The minimum absolute atomic E-state index is 0.240. The molecule has 26 heavy (non-hydrogen) atoms. The van der Waals surface area contributed by atoms with Crippen LogP contribution in [0.3, 0.4) is 0 Å². The molecular formula is C20H26N4O2. The molecule has 2 aromatic rings. The number of likely N-dealkylation sites (tertiary alicyclic amines) is 1. The van der Waals surface area contributed by atoms with Crippen molar-refractivity contribution in [1.82, 2.24) is 19.4 Å². The Labute approximate surface area is 154 Å². The molecule has 0 radical (unpaired) electrons. The average Bonchev–Trinajstić information content (AvgIpc) is 3.25. The fourth-order valence-corrected chi connectivity index (χ4v) is 3.85. The fraction of sp³-hybridized carbons (Fsp3) is 0.500. The third-order valence-electron chi connectivity index (χ3n) is 5.45. The van der Waals surface area contributed by atoms with Gasteiger partial charge in [-0.1, -0.05) is 18.2 Å². The molecule has 2 aliphatic heterocycles. The highest BCUT2D eigenvalue weighted by molar-refractivity contribution is 5.78. The van der Waals surface area contributed by atoms with Gasteiger partial charge in [0.15, 0.2) is 0 Å². The van der Waals surface area contributed by atoms with E-state index >= 15 is 0 Å². The summed E-state index contributed by atoms with van der Waals surface area (Å²) in [4.78, 5) is 20.7. The number of carbonyl (C=O) groups is 1. The Morgan fingerprint density at radius 3 is 2.88 bits per heavy atom. The highest BCUT2D eigenvalue weighted by atomic mass is 16.5.